The normalized spacial score (nSPS) is 12.3. The Bertz CT molecular complexity index is 604. The summed E-state index contributed by atoms with van der Waals surface area (Å²) in [4.78, 5) is -0.237. The zero-order valence-corrected chi connectivity index (χ0v) is 13.9. The van der Waals surface area contributed by atoms with E-state index >= 15 is 0 Å². The molecule has 0 aliphatic rings. The van der Waals surface area contributed by atoms with Gasteiger partial charge in [0.1, 0.15) is 11.6 Å². The average molecular weight is 408 g/mol. The Labute approximate surface area is 133 Å². The van der Waals surface area contributed by atoms with E-state index in [1.807, 2.05) is 12.1 Å². The molecule has 0 bridgehead atoms. The van der Waals surface area contributed by atoms with E-state index in [2.05, 4.69) is 31.9 Å². The summed E-state index contributed by atoms with van der Waals surface area (Å²) in [5, 5.41) is 0.600. The number of methoxy groups -OCH3 is 1. The molecule has 0 saturated carbocycles. The van der Waals surface area contributed by atoms with Crippen molar-refractivity contribution >= 4 is 43.5 Å². The van der Waals surface area contributed by atoms with Crippen LogP contribution in [0.15, 0.2) is 40.9 Å². The molecule has 0 amide bonds. The van der Waals surface area contributed by atoms with Gasteiger partial charge in [0.05, 0.1) is 11.9 Å². The molecule has 0 aliphatic carbocycles. The second-order valence-electron chi connectivity index (χ2n) is 3.91. The Kier molecular flexibility index (Phi) is 4.87. The van der Waals surface area contributed by atoms with Gasteiger partial charge in [0.2, 0.25) is 0 Å². The van der Waals surface area contributed by atoms with Crippen LogP contribution in [-0.2, 0) is 0 Å². The predicted molar refractivity (Wildman–Crippen MR) is 82.9 cm³/mol. The summed E-state index contributed by atoms with van der Waals surface area (Å²) in [6.07, 6.45) is 0. The maximum absolute atomic E-state index is 13.4. The van der Waals surface area contributed by atoms with E-state index in [0.717, 1.165) is 10.0 Å². The van der Waals surface area contributed by atoms with Crippen molar-refractivity contribution in [3.05, 3.63) is 62.8 Å². The van der Waals surface area contributed by atoms with Gasteiger partial charge in [-0.1, -0.05) is 49.5 Å². The molecule has 0 aromatic heterocycles. The van der Waals surface area contributed by atoms with Crippen LogP contribution in [0.4, 0.5) is 4.39 Å². The molecule has 1 unspecified atom stereocenters. The number of rotatable bonds is 3. The molecule has 0 saturated heterocycles. The summed E-state index contributed by atoms with van der Waals surface area (Å²) in [5.41, 5.74) is 1.56. The first kappa shape index (κ1) is 14.8. The highest BCUT2D eigenvalue weighted by molar-refractivity contribution is 9.10. The Morgan fingerprint density at radius 2 is 1.89 bits per heavy atom. The first-order chi connectivity index (χ1) is 9.02. The molecule has 2 aromatic rings. The van der Waals surface area contributed by atoms with Gasteiger partial charge in [0.25, 0.3) is 0 Å². The van der Waals surface area contributed by atoms with Gasteiger partial charge >= 0.3 is 0 Å². The van der Waals surface area contributed by atoms with Gasteiger partial charge in [-0.3, -0.25) is 0 Å². The van der Waals surface area contributed by atoms with Crippen LogP contribution in [0.1, 0.15) is 16.0 Å². The second kappa shape index (κ2) is 6.25. The highest BCUT2D eigenvalue weighted by Gasteiger charge is 2.18. The molecule has 1 nitrogen and oxygen atoms in total. The number of halogens is 4. The number of hydrogen-bond donors (Lipinski definition) is 0. The standard InChI is InChI=1S/C14H10Br2ClFO/c1-19-13-5-3-9(18)7-11(13)14(16)10-4-2-8(15)6-12(10)17/h2-7,14H,1H3. The third-order valence-electron chi connectivity index (χ3n) is 2.70. The average Bonchev–Trinajstić information content (AvgIpc) is 2.38. The Balaban J connectivity index is 2.49. The molecule has 0 aliphatic heterocycles. The third kappa shape index (κ3) is 3.30. The smallest absolute Gasteiger partial charge is 0.123 e. The maximum Gasteiger partial charge on any atom is 0.123 e. The van der Waals surface area contributed by atoms with Crippen LogP contribution in [-0.4, -0.2) is 7.11 Å². The number of alkyl halides is 1. The number of ether oxygens (including phenoxy) is 1. The largest absolute Gasteiger partial charge is 0.496 e. The van der Waals surface area contributed by atoms with Crippen LogP contribution in [0.2, 0.25) is 5.02 Å². The SMILES string of the molecule is COc1ccc(F)cc1C(Br)c1ccc(Br)cc1Cl. The summed E-state index contributed by atoms with van der Waals surface area (Å²) >= 11 is 13.1. The predicted octanol–water partition coefficient (Wildman–Crippen LogP) is 5.73. The monoisotopic (exact) mass is 406 g/mol. The van der Waals surface area contributed by atoms with Crippen LogP contribution in [0.25, 0.3) is 0 Å². The lowest BCUT2D eigenvalue weighted by molar-refractivity contribution is 0.409. The first-order valence-corrected chi connectivity index (χ1v) is 7.54. The molecule has 100 valence electrons. The Morgan fingerprint density at radius 1 is 1.16 bits per heavy atom. The Morgan fingerprint density at radius 3 is 2.53 bits per heavy atom. The summed E-state index contributed by atoms with van der Waals surface area (Å²) in [6, 6.07) is 9.99. The van der Waals surface area contributed by atoms with E-state index in [9.17, 15) is 4.39 Å². The van der Waals surface area contributed by atoms with Crippen molar-refractivity contribution in [1.82, 2.24) is 0 Å². The van der Waals surface area contributed by atoms with Crippen LogP contribution in [0, 0.1) is 5.82 Å². The summed E-state index contributed by atoms with van der Waals surface area (Å²) in [5.74, 6) is 0.302. The van der Waals surface area contributed by atoms with Gasteiger partial charge in [0.15, 0.2) is 0 Å². The minimum absolute atomic E-state index is 0.237. The highest BCUT2D eigenvalue weighted by atomic mass is 79.9. The zero-order chi connectivity index (χ0) is 14.0. The van der Waals surface area contributed by atoms with Crippen LogP contribution in [0.5, 0.6) is 5.75 Å². The zero-order valence-electron chi connectivity index (χ0n) is 9.96. The van der Waals surface area contributed by atoms with Crippen molar-refractivity contribution in [2.24, 2.45) is 0 Å². The molecule has 2 aromatic carbocycles. The van der Waals surface area contributed by atoms with Crippen molar-refractivity contribution in [3.8, 4) is 5.75 Å². The quantitative estimate of drug-likeness (QED) is 0.589. The lowest BCUT2D eigenvalue weighted by Gasteiger charge is -2.16. The van der Waals surface area contributed by atoms with Crippen LogP contribution < -0.4 is 4.74 Å². The topological polar surface area (TPSA) is 9.23 Å². The molecule has 1 atom stereocenters. The minimum Gasteiger partial charge on any atom is -0.496 e. The third-order valence-corrected chi connectivity index (χ3v) is 4.51. The van der Waals surface area contributed by atoms with Gasteiger partial charge < -0.3 is 4.74 Å². The summed E-state index contributed by atoms with van der Waals surface area (Å²) in [7, 11) is 1.56. The van der Waals surface area contributed by atoms with E-state index in [1.54, 1.807) is 19.2 Å². The van der Waals surface area contributed by atoms with Crippen molar-refractivity contribution in [1.29, 1.82) is 0 Å². The number of benzene rings is 2. The maximum atomic E-state index is 13.4. The van der Waals surface area contributed by atoms with Crippen LogP contribution in [0.3, 0.4) is 0 Å². The fraction of sp³-hybridized carbons (Fsp3) is 0.143. The lowest BCUT2D eigenvalue weighted by atomic mass is 10.0. The highest BCUT2D eigenvalue weighted by Crippen LogP contribution is 2.40. The van der Waals surface area contributed by atoms with Crippen molar-refractivity contribution < 1.29 is 9.13 Å². The second-order valence-corrected chi connectivity index (χ2v) is 6.15. The molecular formula is C14H10Br2ClFO. The molecular weight excluding hydrogens is 398 g/mol. The van der Waals surface area contributed by atoms with Gasteiger partial charge in [-0.15, -0.1) is 0 Å². The number of hydrogen-bond acceptors (Lipinski definition) is 1. The minimum atomic E-state index is -0.312. The van der Waals surface area contributed by atoms with Gasteiger partial charge in [0, 0.05) is 15.1 Å². The molecule has 0 radical (unpaired) electrons. The fourth-order valence-corrected chi connectivity index (χ4v) is 3.45. The lowest BCUT2D eigenvalue weighted by Crippen LogP contribution is -1.98. The Hall–Kier alpha value is -0.580. The van der Waals surface area contributed by atoms with Gasteiger partial charge in [-0.25, -0.2) is 4.39 Å². The molecule has 0 spiro atoms. The van der Waals surface area contributed by atoms with E-state index < -0.39 is 0 Å². The van der Waals surface area contributed by atoms with E-state index in [-0.39, 0.29) is 10.6 Å². The van der Waals surface area contributed by atoms with Crippen molar-refractivity contribution in [3.63, 3.8) is 0 Å². The molecule has 2 rings (SSSR count). The molecule has 19 heavy (non-hydrogen) atoms. The van der Waals surface area contributed by atoms with E-state index in [4.69, 9.17) is 16.3 Å². The summed E-state index contributed by atoms with van der Waals surface area (Å²) < 4.78 is 19.6. The molecule has 0 fully saturated rings. The van der Waals surface area contributed by atoms with E-state index in [0.29, 0.717) is 16.3 Å². The first-order valence-electron chi connectivity index (χ1n) is 5.45. The summed E-state index contributed by atoms with van der Waals surface area (Å²) in [6.45, 7) is 0. The molecule has 5 heteroatoms. The molecule has 0 heterocycles. The van der Waals surface area contributed by atoms with E-state index in [1.165, 1.54) is 12.1 Å². The van der Waals surface area contributed by atoms with Gasteiger partial charge in [-0.05, 0) is 35.9 Å². The molecule has 0 N–H and O–H groups in total. The van der Waals surface area contributed by atoms with Gasteiger partial charge in [-0.2, -0.15) is 0 Å². The van der Waals surface area contributed by atoms with Crippen LogP contribution >= 0.6 is 43.5 Å². The fourth-order valence-electron chi connectivity index (χ4n) is 1.78. The van der Waals surface area contributed by atoms with Crippen molar-refractivity contribution in [2.75, 3.05) is 7.11 Å². The van der Waals surface area contributed by atoms with Crippen molar-refractivity contribution in [2.45, 2.75) is 4.83 Å².